The van der Waals surface area contributed by atoms with E-state index >= 15 is 0 Å². The van der Waals surface area contributed by atoms with Crippen LogP contribution in [0.2, 0.25) is 0 Å². The van der Waals surface area contributed by atoms with Crippen molar-refractivity contribution >= 4 is 45.5 Å². The van der Waals surface area contributed by atoms with Gasteiger partial charge in [-0.05, 0) is 36.9 Å². The van der Waals surface area contributed by atoms with Gasteiger partial charge in [0.2, 0.25) is 10.0 Å². The van der Waals surface area contributed by atoms with E-state index in [9.17, 15) is 14.9 Å². The molecule has 34 heavy (non-hydrogen) atoms. The number of hydrogen-bond donors (Lipinski definition) is 0. The number of nitrogens with zero attached hydrogens (tertiary/aromatic N) is 5. The Morgan fingerprint density at radius 1 is 0.971 bits per heavy atom. The Morgan fingerprint density at radius 2 is 1.65 bits per heavy atom. The van der Waals surface area contributed by atoms with Crippen molar-refractivity contribution in [2.75, 3.05) is 17.1 Å². The summed E-state index contributed by atoms with van der Waals surface area (Å²) in [6.45, 7) is 1.90. The van der Waals surface area contributed by atoms with Crippen LogP contribution in [-0.4, -0.2) is 28.8 Å². The molecule has 0 amide bonds. The van der Waals surface area contributed by atoms with Gasteiger partial charge in [0.05, 0.1) is 23.4 Å². The fourth-order valence-corrected chi connectivity index (χ4v) is 5.42. The van der Waals surface area contributed by atoms with Gasteiger partial charge in [0.25, 0.3) is 5.69 Å². The van der Waals surface area contributed by atoms with Crippen LogP contribution in [0.4, 0.5) is 17.1 Å². The van der Waals surface area contributed by atoms with E-state index < -0.39 is 15.9 Å². The number of hydrogen-bond acceptors (Lipinski definition) is 9. The van der Waals surface area contributed by atoms with Gasteiger partial charge in [0.1, 0.15) is 5.69 Å². The number of para-hydroxylation sites is 3. The van der Waals surface area contributed by atoms with Crippen LogP contribution in [0.25, 0.3) is 0 Å². The van der Waals surface area contributed by atoms with Crippen LogP contribution >= 0.6 is 11.8 Å². The molecule has 9 nitrogen and oxygen atoms in total. The molecule has 3 aromatic rings. The summed E-state index contributed by atoms with van der Waals surface area (Å²) in [5.41, 5.74) is 3.22. The van der Waals surface area contributed by atoms with E-state index in [0.717, 1.165) is 34.3 Å². The summed E-state index contributed by atoms with van der Waals surface area (Å²) >= 11 is 1.14. The van der Waals surface area contributed by atoms with Crippen LogP contribution in [0.3, 0.4) is 0 Å². The zero-order valence-corrected chi connectivity index (χ0v) is 19.1. The maximum Gasteiger partial charge on any atom is 0.365 e. The van der Waals surface area contributed by atoms with Crippen molar-refractivity contribution in [3.05, 3.63) is 100 Å². The molecular formula is C24H19N5O4S. The Hall–Kier alpha value is -4.18. The molecule has 1 unspecified atom stereocenters. The fourth-order valence-electron chi connectivity index (χ4n) is 4.11. The predicted octanol–water partition coefficient (Wildman–Crippen LogP) is 4.69. The molecule has 3 aromatic carbocycles. The highest BCUT2D eigenvalue weighted by molar-refractivity contribution is 8.16. The monoisotopic (exact) mass is 473 g/mol. The van der Waals surface area contributed by atoms with Crippen LogP contribution in [0.1, 0.15) is 18.1 Å². The van der Waals surface area contributed by atoms with Gasteiger partial charge in [0, 0.05) is 17.2 Å². The van der Waals surface area contributed by atoms with E-state index in [1.807, 2.05) is 61.5 Å². The average Bonchev–Trinajstić information content (AvgIpc) is 3.27. The van der Waals surface area contributed by atoms with Crippen LogP contribution in [0, 0.1) is 10.1 Å². The first kappa shape index (κ1) is 21.7. The summed E-state index contributed by atoms with van der Waals surface area (Å²) in [5, 5.41) is 24.7. The standard InChI is InChI=1S/C24H19N5O4S/c1-16-18-12-6-7-13-19(18)24(27(25-16)17-10-4-3-5-11-17)28(26-22(34-24)23(30)33-2)20-14-8-9-15-21(20)29(31)32/h3-15H,1-2H3. The Labute approximate surface area is 199 Å². The molecule has 170 valence electrons. The molecule has 0 bridgehead atoms. The molecule has 1 spiro atoms. The van der Waals surface area contributed by atoms with Gasteiger partial charge in [0.15, 0.2) is 0 Å². The maximum absolute atomic E-state index is 12.7. The van der Waals surface area contributed by atoms with Crippen LogP contribution < -0.4 is 10.0 Å². The minimum Gasteiger partial charge on any atom is -0.464 e. The summed E-state index contributed by atoms with van der Waals surface area (Å²) in [7, 11) is 1.28. The molecule has 0 aliphatic carbocycles. The van der Waals surface area contributed by atoms with Crippen LogP contribution in [-0.2, 0) is 14.5 Å². The lowest BCUT2D eigenvalue weighted by molar-refractivity contribution is -0.384. The number of benzene rings is 3. The molecule has 0 saturated carbocycles. The van der Waals surface area contributed by atoms with Gasteiger partial charge in [-0.2, -0.15) is 10.2 Å². The lowest BCUT2D eigenvalue weighted by Crippen LogP contribution is -2.53. The number of fused-ring (bicyclic) bond motifs is 2. The number of thioether (sulfide) groups is 1. The van der Waals surface area contributed by atoms with E-state index in [4.69, 9.17) is 9.84 Å². The number of rotatable bonds is 4. The van der Waals surface area contributed by atoms with Crippen LogP contribution in [0.5, 0.6) is 0 Å². The van der Waals surface area contributed by atoms with E-state index in [2.05, 4.69) is 5.10 Å². The van der Waals surface area contributed by atoms with E-state index in [0.29, 0.717) is 0 Å². The molecule has 0 radical (unpaired) electrons. The smallest absolute Gasteiger partial charge is 0.365 e. The number of anilines is 2. The Kier molecular flexibility index (Phi) is 5.29. The Balaban J connectivity index is 1.84. The quantitative estimate of drug-likeness (QED) is 0.308. The molecule has 2 heterocycles. The topological polar surface area (TPSA) is 101 Å². The molecule has 0 fully saturated rings. The third-order valence-electron chi connectivity index (χ3n) is 5.59. The summed E-state index contributed by atoms with van der Waals surface area (Å²) < 4.78 is 4.97. The second kappa shape index (κ2) is 8.31. The van der Waals surface area contributed by atoms with Gasteiger partial charge in [-0.15, -0.1) is 0 Å². The van der Waals surface area contributed by atoms with Crippen molar-refractivity contribution < 1.29 is 14.5 Å². The molecule has 0 aromatic heterocycles. The normalized spacial score (nSPS) is 18.9. The van der Waals surface area contributed by atoms with Crippen molar-refractivity contribution in [1.29, 1.82) is 0 Å². The third-order valence-corrected chi connectivity index (χ3v) is 6.88. The number of carbonyl (C=O) groups is 1. The molecule has 2 aliphatic rings. The largest absolute Gasteiger partial charge is 0.464 e. The van der Waals surface area contributed by atoms with Gasteiger partial charge in [-0.1, -0.05) is 54.6 Å². The SMILES string of the molecule is COC(=O)C1=NN(c2ccccc2[N+](=O)[O-])C2(S1)c1ccccc1C(C)=NN2c1ccccc1. The van der Waals surface area contributed by atoms with Crippen LogP contribution in [0.15, 0.2) is 89.1 Å². The average molecular weight is 474 g/mol. The molecule has 2 aliphatic heterocycles. The number of methoxy groups -OCH3 is 1. The highest BCUT2D eigenvalue weighted by Gasteiger charge is 2.57. The molecule has 10 heteroatoms. The lowest BCUT2D eigenvalue weighted by atomic mass is 9.98. The first-order valence-electron chi connectivity index (χ1n) is 10.4. The van der Waals surface area contributed by atoms with E-state index in [1.165, 1.54) is 18.2 Å². The van der Waals surface area contributed by atoms with Crippen molar-refractivity contribution in [2.45, 2.75) is 11.9 Å². The van der Waals surface area contributed by atoms with Crippen molar-refractivity contribution in [3.8, 4) is 0 Å². The van der Waals surface area contributed by atoms with Crippen molar-refractivity contribution in [3.63, 3.8) is 0 Å². The minimum atomic E-state index is -1.26. The number of nitro benzene ring substituents is 1. The first-order valence-corrected chi connectivity index (χ1v) is 11.2. The number of hydrazone groups is 2. The molecule has 0 N–H and O–H groups in total. The molecule has 5 rings (SSSR count). The second-order valence-electron chi connectivity index (χ2n) is 7.54. The number of ether oxygens (including phenoxy) is 1. The number of esters is 1. The Morgan fingerprint density at radius 3 is 2.38 bits per heavy atom. The van der Waals surface area contributed by atoms with Crippen molar-refractivity contribution in [1.82, 2.24) is 0 Å². The zero-order valence-electron chi connectivity index (χ0n) is 18.3. The Bertz CT molecular complexity index is 1360. The predicted molar refractivity (Wildman–Crippen MR) is 132 cm³/mol. The number of nitro groups is 1. The third kappa shape index (κ3) is 3.22. The van der Waals surface area contributed by atoms with Gasteiger partial charge < -0.3 is 4.74 Å². The van der Waals surface area contributed by atoms with E-state index in [1.54, 1.807) is 23.2 Å². The zero-order chi connectivity index (χ0) is 23.9. The van der Waals surface area contributed by atoms with Gasteiger partial charge in [-0.25, -0.2) is 14.8 Å². The second-order valence-corrected chi connectivity index (χ2v) is 8.70. The maximum atomic E-state index is 12.7. The first-order chi connectivity index (χ1) is 16.5. The molecule has 1 atom stereocenters. The summed E-state index contributed by atoms with van der Waals surface area (Å²) in [5.74, 6) is -0.637. The summed E-state index contributed by atoms with van der Waals surface area (Å²) in [6.07, 6.45) is 0. The molecule has 0 saturated heterocycles. The molecular weight excluding hydrogens is 454 g/mol. The highest BCUT2D eigenvalue weighted by Crippen LogP contribution is 2.55. The lowest BCUT2D eigenvalue weighted by Gasteiger charge is -2.46. The number of carbonyl (C=O) groups excluding carboxylic acids is 1. The van der Waals surface area contributed by atoms with E-state index in [-0.39, 0.29) is 16.4 Å². The van der Waals surface area contributed by atoms with Crippen molar-refractivity contribution in [2.24, 2.45) is 10.2 Å². The summed E-state index contributed by atoms with van der Waals surface area (Å²) in [6, 6.07) is 23.4. The highest BCUT2D eigenvalue weighted by atomic mass is 32.2. The fraction of sp³-hybridized carbons (Fsp3) is 0.125. The summed E-state index contributed by atoms with van der Waals surface area (Å²) in [4.78, 5) is 22.9. The minimum absolute atomic E-state index is 0.0612. The van der Waals surface area contributed by atoms with Gasteiger partial charge in [-0.3, -0.25) is 10.1 Å². The van der Waals surface area contributed by atoms with Gasteiger partial charge >= 0.3 is 5.97 Å².